The van der Waals surface area contributed by atoms with Crippen LogP contribution in [0.2, 0.25) is 5.02 Å². The average Bonchev–Trinajstić information content (AvgIpc) is 2.01. The van der Waals surface area contributed by atoms with Crippen LogP contribution in [0.25, 0.3) is 0 Å². The fourth-order valence-corrected chi connectivity index (χ4v) is 1.79. The quantitative estimate of drug-likeness (QED) is 0.796. The maximum absolute atomic E-state index is 5.83. The average molecular weight is 247 g/mol. The lowest BCUT2D eigenvalue weighted by Crippen LogP contribution is -2.06. The van der Waals surface area contributed by atoms with E-state index in [4.69, 9.17) is 17.3 Å². The molecule has 0 aromatic heterocycles. The highest BCUT2D eigenvalue weighted by Crippen LogP contribution is 2.23. The van der Waals surface area contributed by atoms with Gasteiger partial charge in [-0.05, 0) is 23.8 Å². The Morgan fingerprint density at radius 1 is 1.50 bits per heavy atom. The fraction of sp³-hybridized carbons (Fsp3) is 0.111. The second-order valence-electron chi connectivity index (χ2n) is 2.46. The van der Waals surface area contributed by atoms with Crippen LogP contribution in [-0.4, -0.2) is 0 Å². The molecule has 1 atom stereocenters. The zero-order chi connectivity index (χ0) is 9.14. The molecule has 0 saturated heterocycles. The van der Waals surface area contributed by atoms with Crippen LogP contribution in [-0.2, 0) is 0 Å². The Bertz CT molecular complexity index is 278. The lowest BCUT2D eigenvalue weighted by Gasteiger charge is -2.07. The summed E-state index contributed by atoms with van der Waals surface area (Å²) >= 11 is 9.17. The van der Waals surface area contributed by atoms with Gasteiger partial charge < -0.3 is 5.73 Å². The molecule has 1 aromatic carbocycles. The molecule has 0 aliphatic rings. The Hall–Kier alpha value is -0.310. The van der Waals surface area contributed by atoms with E-state index in [1.54, 1.807) is 6.08 Å². The van der Waals surface area contributed by atoms with Crippen LogP contribution in [0.5, 0.6) is 0 Å². The minimum absolute atomic E-state index is 0.153. The van der Waals surface area contributed by atoms with Gasteiger partial charge in [0.15, 0.2) is 0 Å². The predicted molar refractivity (Wildman–Crippen MR) is 56.3 cm³/mol. The summed E-state index contributed by atoms with van der Waals surface area (Å²) in [7, 11) is 0. The largest absolute Gasteiger partial charge is 0.321 e. The Morgan fingerprint density at radius 3 is 2.67 bits per heavy atom. The van der Waals surface area contributed by atoms with E-state index in [0.717, 1.165) is 10.0 Å². The summed E-state index contributed by atoms with van der Waals surface area (Å²) in [6, 6.07) is 5.43. The standard InChI is InChI=1S/C9H9BrClN/c1-2-9(12)6-3-7(10)5-8(11)4-6/h2-5,9H,1,12H2. The highest BCUT2D eigenvalue weighted by Gasteiger charge is 2.02. The van der Waals surface area contributed by atoms with Crippen molar-refractivity contribution in [2.24, 2.45) is 5.73 Å². The molecule has 1 rings (SSSR count). The van der Waals surface area contributed by atoms with Gasteiger partial charge in [-0.25, -0.2) is 0 Å². The predicted octanol–water partition coefficient (Wildman–Crippen LogP) is 3.29. The van der Waals surface area contributed by atoms with Crippen molar-refractivity contribution in [2.45, 2.75) is 6.04 Å². The maximum atomic E-state index is 5.83. The van der Waals surface area contributed by atoms with Gasteiger partial charge in [-0.3, -0.25) is 0 Å². The summed E-state index contributed by atoms with van der Waals surface area (Å²) in [5, 5.41) is 0.677. The van der Waals surface area contributed by atoms with Gasteiger partial charge >= 0.3 is 0 Å². The van der Waals surface area contributed by atoms with Crippen LogP contribution < -0.4 is 5.73 Å². The number of benzene rings is 1. The molecule has 0 spiro atoms. The monoisotopic (exact) mass is 245 g/mol. The SMILES string of the molecule is C=CC(N)c1cc(Cl)cc(Br)c1. The van der Waals surface area contributed by atoms with E-state index in [9.17, 15) is 0 Å². The molecule has 1 unspecified atom stereocenters. The maximum Gasteiger partial charge on any atom is 0.0479 e. The number of halogens is 2. The third-order valence-corrected chi connectivity index (χ3v) is 2.20. The second kappa shape index (κ2) is 4.08. The highest BCUT2D eigenvalue weighted by atomic mass is 79.9. The van der Waals surface area contributed by atoms with Crippen molar-refractivity contribution in [3.63, 3.8) is 0 Å². The van der Waals surface area contributed by atoms with Crippen LogP contribution in [0.15, 0.2) is 35.3 Å². The van der Waals surface area contributed by atoms with Gasteiger partial charge in [0, 0.05) is 15.5 Å². The Morgan fingerprint density at radius 2 is 2.17 bits per heavy atom. The molecule has 1 nitrogen and oxygen atoms in total. The van der Waals surface area contributed by atoms with Crippen LogP contribution >= 0.6 is 27.5 Å². The lowest BCUT2D eigenvalue weighted by atomic mass is 10.1. The normalized spacial score (nSPS) is 12.6. The van der Waals surface area contributed by atoms with E-state index >= 15 is 0 Å². The van der Waals surface area contributed by atoms with Crippen molar-refractivity contribution >= 4 is 27.5 Å². The lowest BCUT2D eigenvalue weighted by molar-refractivity contribution is 0.913. The molecule has 0 heterocycles. The third-order valence-electron chi connectivity index (χ3n) is 1.52. The summed E-state index contributed by atoms with van der Waals surface area (Å²) in [5.41, 5.74) is 6.70. The Labute approximate surface area is 85.3 Å². The molecule has 0 bridgehead atoms. The van der Waals surface area contributed by atoms with Gasteiger partial charge in [0.05, 0.1) is 0 Å². The summed E-state index contributed by atoms with van der Waals surface area (Å²) in [5.74, 6) is 0. The summed E-state index contributed by atoms with van der Waals surface area (Å²) < 4.78 is 0.933. The van der Waals surface area contributed by atoms with Crippen LogP contribution in [0.1, 0.15) is 11.6 Å². The number of nitrogens with two attached hydrogens (primary N) is 1. The van der Waals surface area contributed by atoms with E-state index < -0.39 is 0 Å². The first-order chi connectivity index (χ1) is 5.63. The number of hydrogen-bond donors (Lipinski definition) is 1. The van der Waals surface area contributed by atoms with Crippen molar-refractivity contribution in [1.82, 2.24) is 0 Å². The van der Waals surface area contributed by atoms with Gasteiger partial charge in [0.25, 0.3) is 0 Å². The van der Waals surface area contributed by atoms with Gasteiger partial charge in [-0.15, -0.1) is 6.58 Å². The molecule has 0 radical (unpaired) electrons. The topological polar surface area (TPSA) is 26.0 Å². The number of hydrogen-bond acceptors (Lipinski definition) is 1. The van der Waals surface area contributed by atoms with Crippen LogP contribution in [0.4, 0.5) is 0 Å². The first-order valence-electron chi connectivity index (χ1n) is 3.47. The molecule has 0 aliphatic heterocycles. The van der Waals surface area contributed by atoms with E-state index in [-0.39, 0.29) is 6.04 Å². The Balaban J connectivity index is 3.08. The molecule has 0 amide bonds. The molecular formula is C9H9BrClN. The van der Waals surface area contributed by atoms with Crippen LogP contribution in [0.3, 0.4) is 0 Å². The minimum Gasteiger partial charge on any atom is -0.321 e. The van der Waals surface area contributed by atoms with Crippen LogP contribution in [0, 0.1) is 0 Å². The first kappa shape index (κ1) is 9.78. The summed E-state index contributed by atoms with van der Waals surface area (Å²) in [4.78, 5) is 0. The van der Waals surface area contributed by atoms with Crippen molar-refractivity contribution in [3.8, 4) is 0 Å². The van der Waals surface area contributed by atoms with E-state index in [1.165, 1.54) is 0 Å². The molecule has 12 heavy (non-hydrogen) atoms. The zero-order valence-corrected chi connectivity index (χ0v) is 8.77. The molecule has 2 N–H and O–H groups in total. The van der Waals surface area contributed by atoms with E-state index in [0.29, 0.717) is 5.02 Å². The second-order valence-corrected chi connectivity index (χ2v) is 3.82. The van der Waals surface area contributed by atoms with Gasteiger partial charge in [-0.2, -0.15) is 0 Å². The molecule has 64 valence electrons. The molecule has 1 aromatic rings. The van der Waals surface area contributed by atoms with E-state index in [1.807, 2.05) is 18.2 Å². The Kier molecular flexibility index (Phi) is 3.32. The molecular weight excluding hydrogens is 237 g/mol. The van der Waals surface area contributed by atoms with Gasteiger partial charge in [0.1, 0.15) is 0 Å². The van der Waals surface area contributed by atoms with Gasteiger partial charge in [0.2, 0.25) is 0 Å². The first-order valence-corrected chi connectivity index (χ1v) is 4.64. The highest BCUT2D eigenvalue weighted by molar-refractivity contribution is 9.10. The van der Waals surface area contributed by atoms with Gasteiger partial charge in [-0.1, -0.05) is 33.6 Å². The molecule has 3 heteroatoms. The van der Waals surface area contributed by atoms with Crippen molar-refractivity contribution in [1.29, 1.82) is 0 Å². The number of rotatable bonds is 2. The van der Waals surface area contributed by atoms with E-state index in [2.05, 4.69) is 22.5 Å². The minimum atomic E-state index is -0.153. The molecule has 0 fully saturated rings. The smallest absolute Gasteiger partial charge is 0.0479 e. The molecule has 0 saturated carbocycles. The summed E-state index contributed by atoms with van der Waals surface area (Å²) in [6.07, 6.45) is 1.68. The fourth-order valence-electron chi connectivity index (χ4n) is 0.904. The zero-order valence-electron chi connectivity index (χ0n) is 6.43. The summed E-state index contributed by atoms with van der Waals surface area (Å²) in [6.45, 7) is 3.61. The van der Waals surface area contributed by atoms with Crippen molar-refractivity contribution in [2.75, 3.05) is 0 Å². The van der Waals surface area contributed by atoms with Crippen molar-refractivity contribution in [3.05, 3.63) is 45.9 Å². The molecule has 0 aliphatic carbocycles. The van der Waals surface area contributed by atoms with Crippen molar-refractivity contribution < 1.29 is 0 Å². The third kappa shape index (κ3) is 2.34.